The van der Waals surface area contributed by atoms with Gasteiger partial charge in [0.05, 0.1) is 0 Å². The Morgan fingerprint density at radius 2 is 0.822 bits per heavy atom. The average molecular weight is 611 g/mol. The van der Waals surface area contributed by atoms with Crippen LogP contribution in [0.25, 0.3) is 0 Å². The lowest BCUT2D eigenvalue weighted by Crippen LogP contribution is -2.30. The van der Waals surface area contributed by atoms with Gasteiger partial charge in [0, 0.05) is 47.0 Å². The fourth-order valence-electron chi connectivity index (χ4n) is 4.18. The highest BCUT2D eigenvalue weighted by atomic mass is 16.5. The van der Waals surface area contributed by atoms with Crippen LogP contribution in [0.3, 0.4) is 0 Å². The molecule has 1 aliphatic heterocycles. The van der Waals surface area contributed by atoms with Gasteiger partial charge in [-0.3, -0.25) is 19.2 Å². The van der Waals surface area contributed by atoms with Crippen molar-refractivity contribution in [3.63, 3.8) is 0 Å². The van der Waals surface area contributed by atoms with E-state index in [-0.39, 0.29) is 19.8 Å². The minimum atomic E-state index is -0.881. The number of carbonyl (C=O) groups excluding carboxylic acids is 4. The molecule has 0 spiro atoms. The number of rotatable bonds is 0. The number of amides is 4. The summed E-state index contributed by atoms with van der Waals surface area (Å²) in [7, 11) is 0. The molecule has 1 aliphatic rings. The van der Waals surface area contributed by atoms with Crippen molar-refractivity contribution >= 4 is 46.4 Å². The molecule has 0 unspecified atom stereocenters. The molecule has 45 heavy (non-hydrogen) atoms. The first kappa shape index (κ1) is 30.4. The van der Waals surface area contributed by atoms with E-state index >= 15 is 0 Å². The van der Waals surface area contributed by atoms with E-state index in [2.05, 4.69) is 21.3 Å². The van der Waals surface area contributed by atoms with Crippen LogP contribution in [0.15, 0.2) is 97.1 Å². The number of carbonyl (C=O) groups is 4. The van der Waals surface area contributed by atoms with Gasteiger partial charge in [-0.05, 0) is 55.5 Å². The topological polar surface area (TPSA) is 153 Å². The maximum Gasteiger partial charge on any atom is 0.265 e. The van der Waals surface area contributed by atoms with Gasteiger partial charge in [0.2, 0.25) is 0 Å². The van der Waals surface area contributed by atoms with Gasteiger partial charge in [0.1, 0.15) is 23.0 Å². The maximum absolute atomic E-state index is 12.8. The fourth-order valence-corrected chi connectivity index (χ4v) is 4.18. The van der Waals surface area contributed by atoms with Crippen molar-refractivity contribution in [3.8, 4) is 23.0 Å². The van der Waals surface area contributed by atoms with Crippen LogP contribution in [0.2, 0.25) is 0 Å². The van der Waals surface area contributed by atoms with E-state index in [1.54, 1.807) is 104 Å². The third-order valence-corrected chi connectivity index (χ3v) is 6.25. The van der Waals surface area contributed by atoms with Crippen molar-refractivity contribution in [2.45, 2.75) is 13.0 Å². The van der Waals surface area contributed by atoms with Crippen LogP contribution in [-0.2, 0) is 19.2 Å². The first-order chi connectivity index (χ1) is 21.8. The number of anilines is 4. The fraction of sp³-hybridized carbons (Fsp3) is 0.152. The summed E-state index contributed by atoms with van der Waals surface area (Å²) in [5.41, 5.74) is 1.79. The number of hydrogen-bond acceptors (Lipinski definition) is 8. The highest BCUT2D eigenvalue weighted by Gasteiger charge is 2.16. The molecular formula is C33H30N4O8. The number of benzene rings is 4. The molecule has 5 rings (SSSR count). The lowest BCUT2D eigenvalue weighted by molar-refractivity contribution is -0.122. The minimum Gasteiger partial charge on any atom is -0.484 e. The third kappa shape index (κ3) is 9.22. The first-order valence-corrected chi connectivity index (χ1v) is 13.9. The van der Waals surface area contributed by atoms with Crippen molar-refractivity contribution in [1.29, 1.82) is 0 Å². The number of fused-ring (bicyclic) bond motifs is 8. The predicted octanol–water partition coefficient (Wildman–Crippen LogP) is 4.46. The zero-order valence-corrected chi connectivity index (χ0v) is 24.2. The molecule has 0 aromatic heterocycles. The van der Waals surface area contributed by atoms with Crippen molar-refractivity contribution in [1.82, 2.24) is 0 Å². The van der Waals surface area contributed by atoms with Gasteiger partial charge in [0.15, 0.2) is 25.9 Å². The van der Waals surface area contributed by atoms with E-state index in [0.29, 0.717) is 45.7 Å². The van der Waals surface area contributed by atoms with E-state index in [1.807, 2.05) is 0 Å². The van der Waals surface area contributed by atoms with Crippen molar-refractivity contribution in [2.75, 3.05) is 41.1 Å². The van der Waals surface area contributed by atoms with Crippen LogP contribution < -0.4 is 40.2 Å². The summed E-state index contributed by atoms with van der Waals surface area (Å²) in [5.74, 6) is -0.211. The molecule has 0 fully saturated rings. The summed E-state index contributed by atoms with van der Waals surface area (Å²) in [6.45, 7) is 0.720. The van der Waals surface area contributed by atoms with Crippen molar-refractivity contribution in [3.05, 3.63) is 97.1 Å². The minimum absolute atomic E-state index is 0.289. The Kier molecular flexibility index (Phi) is 9.75. The molecule has 0 aliphatic carbocycles. The van der Waals surface area contributed by atoms with Gasteiger partial charge in [-0.15, -0.1) is 0 Å². The molecule has 4 amide bonds. The van der Waals surface area contributed by atoms with Gasteiger partial charge in [-0.1, -0.05) is 24.3 Å². The Labute approximate surface area is 258 Å². The lowest BCUT2D eigenvalue weighted by Gasteiger charge is -2.16. The van der Waals surface area contributed by atoms with Crippen molar-refractivity contribution in [2.24, 2.45) is 0 Å². The summed E-state index contributed by atoms with van der Waals surface area (Å²) in [4.78, 5) is 50.5. The van der Waals surface area contributed by atoms with Gasteiger partial charge < -0.3 is 40.2 Å². The zero-order chi connectivity index (χ0) is 31.6. The quantitative estimate of drug-likeness (QED) is 0.228. The van der Waals surface area contributed by atoms with E-state index < -0.39 is 29.7 Å². The first-order valence-electron chi connectivity index (χ1n) is 13.9. The second kappa shape index (κ2) is 14.4. The standard InChI is InChI=1S/C33H30N4O8/c1-21-33(41)37-25-9-4-12-28(16-25)44-19-31(39)35-23-7-2-10-26(14-23)42-18-30(38)34-22-6-3-11-27(15-22)43-20-32(40)36-24-8-5-13-29(17-24)45-21/h2-17,21H,18-20H2,1H3,(H,34,38)(H,35,39)(H,36,40)(H,37,41)/t21-/m1/s1. The van der Waals surface area contributed by atoms with Crippen LogP contribution in [0.5, 0.6) is 23.0 Å². The molecule has 12 heteroatoms. The Hall–Kier alpha value is -6.04. The molecule has 0 radical (unpaired) electrons. The van der Waals surface area contributed by atoms with Gasteiger partial charge in [0.25, 0.3) is 23.6 Å². The predicted molar refractivity (Wildman–Crippen MR) is 167 cm³/mol. The molecule has 12 nitrogen and oxygen atoms in total. The Morgan fingerprint density at radius 3 is 1.22 bits per heavy atom. The Morgan fingerprint density at radius 1 is 0.489 bits per heavy atom. The summed E-state index contributed by atoms with van der Waals surface area (Å²) in [6.07, 6.45) is -0.881. The van der Waals surface area contributed by atoms with E-state index in [9.17, 15) is 19.2 Å². The van der Waals surface area contributed by atoms with Crippen LogP contribution in [-0.4, -0.2) is 49.6 Å². The molecule has 0 saturated heterocycles. The summed E-state index contributed by atoms with van der Waals surface area (Å²) >= 11 is 0. The maximum atomic E-state index is 12.8. The van der Waals surface area contributed by atoms with E-state index in [1.165, 1.54) is 0 Å². The largest absolute Gasteiger partial charge is 0.484 e. The van der Waals surface area contributed by atoms with E-state index in [0.717, 1.165) is 0 Å². The molecule has 230 valence electrons. The molecule has 4 aromatic carbocycles. The second-order valence-electron chi connectivity index (χ2n) is 9.87. The Balaban J connectivity index is 1.32. The average Bonchev–Trinajstić information content (AvgIpc) is 3.02. The second-order valence-corrected chi connectivity index (χ2v) is 9.87. The zero-order valence-electron chi connectivity index (χ0n) is 24.2. The van der Waals surface area contributed by atoms with Crippen LogP contribution >= 0.6 is 0 Å². The number of hydrogen-bond donors (Lipinski definition) is 4. The number of ether oxygens (including phenoxy) is 4. The molecule has 4 aromatic rings. The van der Waals surface area contributed by atoms with Crippen LogP contribution in [0.4, 0.5) is 22.7 Å². The van der Waals surface area contributed by atoms with Crippen molar-refractivity contribution < 1.29 is 38.1 Å². The molecule has 8 bridgehead atoms. The molecule has 1 heterocycles. The normalized spacial score (nSPS) is 16.3. The molecule has 1 atom stereocenters. The summed E-state index contributed by atoms with van der Waals surface area (Å²) < 4.78 is 22.6. The monoisotopic (exact) mass is 610 g/mol. The molecular weight excluding hydrogens is 580 g/mol. The van der Waals surface area contributed by atoms with Crippen LogP contribution in [0, 0.1) is 0 Å². The summed E-state index contributed by atoms with van der Waals surface area (Å²) in [6, 6.07) is 26.4. The molecule has 0 saturated carbocycles. The Bertz CT molecular complexity index is 1710. The smallest absolute Gasteiger partial charge is 0.265 e. The highest BCUT2D eigenvalue weighted by molar-refractivity contribution is 5.95. The SMILES string of the molecule is C[C@H]1Oc2cccc(c2)NC(=O)COc2cccc(c2)NC(=O)COc2cccc(c2)NC(=O)COc2cccc(c2)NC1=O. The third-order valence-electron chi connectivity index (χ3n) is 6.25. The van der Waals surface area contributed by atoms with Gasteiger partial charge in [-0.2, -0.15) is 0 Å². The van der Waals surface area contributed by atoms with Crippen LogP contribution in [0.1, 0.15) is 6.92 Å². The molecule has 4 N–H and O–H groups in total. The van der Waals surface area contributed by atoms with Gasteiger partial charge in [-0.25, -0.2) is 0 Å². The van der Waals surface area contributed by atoms with Gasteiger partial charge >= 0.3 is 0 Å². The summed E-state index contributed by atoms with van der Waals surface area (Å²) in [5, 5.41) is 10.9. The lowest BCUT2D eigenvalue weighted by atomic mass is 10.2. The van der Waals surface area contributed by atoms with E-state index in [4.69, 9.17) is 18.9 Å². The number of nitrogens with one attached hydrogen (secondary N) is 4. The highest BCUT2D eigenvalue weighted by Crippen LogP contribution is 2.22.